The molecular weight excluding hydrogens is 222 g/mol. The van der Waals surface area contributed by atoms with Crippen LogP contribution in [-0.4, -0.2) is 29.4 Å². The SMILES string of the molecule is Cc1nonc1OCCNC(=O)[C@@H]1CC1(C)C. The van der Waals surface area contributed by atoms with E-state index in [2.05, 4.69) is 34.1 Å². The molecule has 1 N–H and O–H groups in total. The first-order chi connectivity index (χ1) is 8.00. The fourth-order valence-electron chi connectivity index (χ4n) is 1.71. The molecule has 0 aliphatic heterocycles. The standard InChI is InChI=1S/C11H17N3O3/c1-7-10(14-17-13-7)16-5-4-12-9(15)8-6-11(8,2)3/h8H,4-6H2,1-3H3,(H,12,15)/t8-/m0/s1. The lowest BCUT2D eigenvalue weighted by molar-refractivity contribution is -0.123. The highest BCUT2D eigenvalue weighted by Gasteiger charge is 2.50. The van der Waals surface area contributed by atoms with Crippen LogP contribution in [0.15, 0.2) is 4.63 Å². The fourth-order valence-corrected chi connectivity index (χ4v) is 1.71. The van der Waals surface area contributed by atoms with Crippen LogP contribution in [0.5, 0.6) is 5.88 Å². The van der Waals surface area contributed by atoms with Crippen LogP contribution >= 0.6 is 0 Å². The van der Waals surface area contributed by atoms with E-state index >= 15 is 0 Å². The number of nitrogens with zero attached hydrogens (tertiary/aromatic N) is 2. The van der Waals surface area contributed by atoms with Gasteiger partial charge in [-0.1, -0.05) is 19.0 Å². The number of hydrogen-bond donors (Lipinski definition) is 1. The third kappa shape index (κ3) is 2.75. The van der Waals surface area contributed by atoms with Gasteiger partial charge in [0.1, 0.15) is 12.3 Å². The lowest BCUT2D eigenvalue weighted by atomic mass is 10.1. The molecule has 1 aliphatic carbocycles. The molecule has 0 spiro atoms. The van der Waals surface area contributed by atoms with Gasteiger partial charge in [0.25, 0.3) is 5.88 Å². The van der Waals surface area contributed by atoms with Gasteiger partial charge in [0.2, 0.25) is 5.91 Å². The van der Waals surface area contributed by atoms with Gasteiger partial charge >= 0.3 is 0 Å². The van der Waals surface area contributed by atoms with Gasteiger partial charge < -0.3 is 10.1 Å². The van der Waals surface area contributed by atoms with E-state index in [0.29, 0.717) is 24.7 Å². The Morgan fingerprint density at radius 2 is 2.29 bits per heavy atom. The maximum Gasteiger partial charge on any atom is 0.278 e. The summed E-state index contributed by atoms with van der Waals surface area (Å²) < 4.78 is 9.78. The third-order valence-electron chi connectivity index (χ3n) is 3.08. The second-order valence-corrected chi connectivity index (χ2v) is 5.04. The van der Waals surface area contributed by atoms with Gasteiger partial charge in [0.15, 0.2) is 0 Å². The third-order valence-corrected chi connectivity index (χ3v) is 3.08. The molecule has 6 heteroatoms. The molecule has 1 aliphatic rings. The van der Waals surface area contributed by atoms with E-state index < -0.39 is 0 Å². The van der Waals surface area contributed by atoms with Crippen molar-refractivity contribution in [2.75, 3.05) is 13.2 Å². The molecule has 1 atom stereocenters. The summed E-state index contributed by atoms with van der Waals surface area (Å²) in [4.78, 5) is 11.6. The summed E-state index contributed by atoms with van der Waals surface area (Å²) in [6, 6.07) is 0. The zero-order chi connectivity index (χ0) is 12.5. The van der Waals surface area contributed by atoms with Crippen LogP contribution in [0, 0.1) is 18.3 Å². The van der Waals surface area contributed by atoms with Gasteiger partial charge in [-0.3, -0.25) is 4.79 Å². The molecule has 6 nitrogen and oxygen atoms in total. The number of ether oxygens (including phenoxy) is 1. The van der Waals surface area contributed by atoms with Crippen LogP contribution in [-0.2, 0) is 4.79 Å². The van der Waals surface area contributed by atoms with Gasteiger partial charge in [-0.05, 0) is 23.9 Å². The first-order valence-electron chi connectivity index (χ1n) is 5.70. The number of amides is 1. The van der Waals surface area contributed by atoms with Crippen molar-refractivity contribution in [3.05, 3.63) is 5.69 Å². The zero-order valence-electron chi connectivity index (χ0n) is 10.3. The Balaban J connectivity index is 1.64. The van der Waals surface area contributed by atoms with Crippen LogP contribution < -0.4 is 10.1 Å². The molecule has 1 saturated carbocycles. The van der Waals surface area contributed by atoms with Crippen molar-refractivity contribution < 1.29 is 14.2 Å². The minimum atomic E-state index is 0.105. The average molecular weight is 239 g/mol. The van der Waals surface area contributed by atoms with Crippen molar-refractivity contribution in [2.45, 2.75) is 27.2 Å². The number of carbonyl (C=O) groups is 1. The van der Waals surface area contributed by atoms with E-state index in [1.807, 2.05) is 0 Å². The number of aromatic nitrogens is 2. The minimum absolute atomic E-state index is 0.105. The number of hydrogen-bond acceptors (Lipinski definition) is 5. The summed E-state index contributed by atoms with van der Waals surface area (Å²) in [5, 5.41) is 10.0. The summed E-state index contributed by atoms with van der Waals surface area (Å²) in [5.41, 5.74) is 0.775. The van der Waals surface area contributed by atoms with Gasteiger partial charge in [-0.25, -0.2) is 4.63 Å². The zero-order valence-corrected chi connectivity index (χ0v) is 10.3. The van der Waals surface area contributed by atoms with E-state index in [1.165, 1.54) is 0 Å². The fraction of sp³-hybridized carbons (Fsp3) is 0.727. The van der Waals surface area contributed by atoms with Crippen molar-refractivity contribution in [3.63, 3.8) is 0 Å². The molecule has 1 aromatic heterocycles. The molecule has 0 radical (unpaired) electrons. The average Bonchev–Trinajstić information content (AvgIpc) is 2.71. The number of aryl methyl sites for hydroxylation is 1. The molecule has 2 rings (SSSR count). The van der Waals surface area contributed by atoms with Crippen LogP contribution in [0.2, 0.25) is 0 Å². The summed E-state index contributed by atoms with van der Waals surface area (Å²) in [7, 11) is 0. The van der Waals surface area contributed by atoms with E-state index in [0.717, 1.165) is 6.42 Å². The highest BCUT2D eigenvalue weighted by Crippen LogP contribution is 2.51. The lowest BCUT2D eigenvalue weighted by Gasteiger charge is -2.06. The largest absolute Gasteiger partial charge is 0.472 e. The van der Waals surface area contributed by atoms with Crippen molar-refractivity contribution >= 4 is 5.91 Å². The summed E-state index contributed by atoms with van der Waals surface area (Å²) in [6.45, 7) is 6.78. The van der Waals surface area contributed by atoms with Crippen molar-refractivity contribution in [1.29, 1.82) is 0 Å². The summed E-state index contributed by atoms with van der Waals surface area (Å²) in [6.07, 6.45) is 0.964. The highest BCUT2D eigenvalue weighted by molar-refractivity contribution is 5.82. The Morgan fingerprint density at radius 1 is 1.59 bits per heavy atom. The second kappa shape index (κ2) is 4.35. The molecule has 1 amide bonds. The first kappa shape index (κ1) is 11.9. The van der Waals surface area contributed by atoms with E-state index in [9.17, 15) is 4.79 Å². The lowest BCUT2D eigenvalue weighted by Crippen LogP contribution is -2.30. The van der Waals surface area contributed by atoms with Crippen LogP contribution in [0.25, 0.3) is 0 Å². The molecule has 1 aromatic rings. The predicted octanol–water partition coefficient (Wildman–Crippen LogP) is 0.919. The quantitative estimate of drug-likeness (QED) is 0.773. The van der Waals surface area contributed by atoms with E-state index in [4.69, 9.17) is 4.74 Å². The monoisotopic (exact) mass is 239 g/mol. The summed E-state index contributed by atoms with van der Waals surface area (Å²) in [5.74, 6) is 0.637. The number of rotatable bonds is 5. The Kier molecular flexibility index (Phi) is 3.04. The van der Waals surface area contributed by atoms with Crippen molar-refractivity contribution in [3.8, 4) is 5.88 Å². The Bertz CT molecular complexity index is 414. The smallest absolute Gasteiger partial charge is 0.278 e. The van der Waals surface area contributed by atoms with Crippen molar-refractivity contribution in [2.24, 2.45) is 11.3 Å². The molecule has 94 valence electrons. The second-order valence-electron chi connectivity index (χ2n) is 5.04. The van der Waals surface area contributed by atoms with Gasteiger partial charge in [-0.2, -0.15) is 0 Å². The maximum absolute atomic E-state index is 11.6. The summed E-state index contributed by atoms with van der Waals surface area (Å²) >= 11 is 0. The van der Waals surface area contributed by atoms with Crippen molar-refractivity contribution in [1.82, 2.24) is 15.6 Å². The van der Waals surface area contributed by atoms with Crippen LogP contribution in [0.1, 0.15) is 26.0 Å². The Morgan fingerprint density at radius 3 is 2.82 bits per heavy atom. The van der Waals surface area contributed by atoms with Crippen LogP contribution in [0.4, 0.5) is 0 Å². The van der Waals surface area contributed by atoms with E-state index in [1.54, 1.807) is 6.92 Å². The van der Waals surface area contributed by atoms with Gasteiger partial charge in [0.05, 0.1) is 6.54 Å². The molecule has 1 fully saturated rings. The minimum Gasteiger partial charge on any atom is -0.472 e. The molecule has 1 heterocycles. The van der Waals surface area contributed by atoms with Crippen LogP contribution in [0.3, 0.4) is 0 Å². The normalized spacial score (nSPS) is 21.0. The predicted molar refractivity (Wildman–Crippen MR) is 59.4 cm³/mol. The molecule has 0 bridgehead atoms. The molecular formula is C11H17N3O3. The maximum atomic E-state index is 11.6. The Labute approximate surface area is 99.7 Å². The number of nitrogens with one attached hydrogen (secondary N) is 1. The number of carbonyl (C=O) groups excluding carboxylic acids is 1. The van der Waals surface area contributed by atoms with Gasteiger partial charge in [-0.15, -0.1) is 0 Å². The van der Waals surface area contributed by atoms with Gasteiger partial charge in [0, 0.05) is 5.92 Å². The molecule has 0 unspecified atom stereocenters. The Hall–Kier alpha value is -1.59. The first-order valence-corrected chi connectivity index (χ1v) is 5.70. The topological polar surface area (TPSA) is 77.2 Å². The highest BCUT2D eigenvalue weighted by atomic mass is 16.6. The molecule has 17 heavy (non-hydrogen) atoms. The van der Waals surface area contributed by atoms with E-state index in [-0.39, 0.29) is 17.2 Å². The molecule has 0 saturated heterocycles. The molecule has 0 aromatic carbocycles.